The van der Waals surface area contributed by atoms with Gasteiger partial charge in [0.25, 0.3) is 10.0 Å². The van der Waals surface area contributed by atoms with Gasteiger partial charge in [-0.3, -0.25) is 19.3 Å². The van der Waals surface area contributed by atoms with E-state index in [1.165, 1.54) is 29.2 Å². The number of anilines is 2. The largest absolute Gasteiger partial charge is 0.337 e. The van der Waals surface area contributed by atoms with Crippen LogP contribution in [0.2, 0.25) is 0 Å². The molecule has 1 aliphatic carbocycles. The molecule has 1 aromatic carbocycles. The topological polar surface area (TPSA) is 139 Å². The van der Waals surface area contributed by atoms with Crippen LogP contribution in [0.3, 0.4) is 0 Å². The zero-order valence-electron chi connectivity index (χ0n) is 21.2. The Labute approximate surface area is 210 Å². The fraction of sp³-hybridized carbons (Fsp3) is 0.520. The fourth-order valence-electron chi connectivity index (χ4n) is 5.14. The molecule has 1 saturated carbocycles. The molecule has 1 aliphatic heterocycles. The number of fused-ring (bicyclic) bond motifs is 2. The highest BCUT2D eigenvalue weighted by molar-refractivity contribution is 7.92. The Morgan fingerprint density at radius 2 is 1.83 bits per heavy atom. The summed E-state index contributed by atoms with van der Waals surface area (Å²) < 4.78 is 32.6. The van der Waals surface area contributed by atoms with Crippen LogP contribution >= 0.6 is 0 Å². The molecule has 2 fully saturated rings. The number of hydrogen-bond donors (Lipinski definition) is 2. The van der Waals surface area contributed by atoms with Crippen molar-refractivity contribution in [3.63, 3.8) is 0 Å². The Bertz CT molecular complexity index is 1310. The smallest absolute Gasteiger partial charge is 0.264 e. The molecule has 11 heteroatoms. The summed E-state index contributed by atoms with van der Waals surface area (Å²) in [6, 6.07) is 5.73. The average Bonchev–Trinajstić information content (AvgIpc) is 3.21. The molecule has 2 aromatic rings. The number of rotatable bonds is 8. The van der Waals surface area contributed by atoms with Crippen LogP contribution in [0.5, 0.6) is 0 Å². The molecular formula is C25H32N4O6S. The lowest BCUT2D eigenvalue weighted by Crippen LogP contribution is -2.59. The third-order valence-electron chi connectivity index (χ3n) is 8.13. The molecule has 1 saturated heterocycles. The number of hydrogen-bond acceptors (Lipinski definition) is 7. The lowest BCUT2D eigenvalue weighted by molar-refractivity contribution is -0.168. The highest BCUT2D eigenvalue weighted by Gasteiger charge is 2.64. The molecule has 194 valence electrons. The first-order valence-corrected chi connectivity index (χ1v) is 13.5. The maximum atomic E-state index is 13.1. The summed E-state index contributed by atoms with van der Waals surface area (Å²) in [5.74, 6) is -0.687. The van der Waals surface area contributed by atoms with E-state index in [2.05, 4.69) is 15.2 Å². The minimum atomic E-state index is -3.89. The maximum Gasteiger partial charge on any atom is 0.264 e. The van der Waals surface area contributed by atoms with Crippen molar-refractivity contribution in [1.82, 2.24) is 10.1 Å². The monoisotopic (exact) mass is 516 g/mol. The van der Waals surface area contributed by atoms with Gasteiger partial charge >= 0.3 is 0 Å². The number of carbonyl (C=O) groups is 3. The lowest BCUT2D eigenvalue weighted by Gasteiger charge is -2.47. The maximum absolute atomic E-state index is 13.1. The molecule has 10 nitrogen and oxygen atoms in total. The normalized spacial score (nSPS) is 23.1. The van der Waals surface area contributed by atoms with Gasteiger partial charge in [-0.25, -0.2) is 13.1 Å². The van der Waals surface area contributed by atoms with Crippen LogP contribution in [0.15, 0.2) is 33.7 Å². The van der Waals surface area contributed by atoms with Crippen LogP contribution < -0.4 is 10.0 Å². The van der Waals surface area contributed by atoms with Crippen molar-refractivity contribution in [3.05, 3.63) is 35.5 Å². The molecule has 3 amide bonds. The summed E-state index contributed by atoms with van der Waals surface area (Å²) in [4.78, 5) is 39.8. The number of aryl methyl sites for hydroxylation is 1. The van der Waals surface area contributed by atoms with Gasteiger partial charge in [0.1, 0.15) is 0 Å². The van der Waals surface area contributed by atoms with Gasteiger partial charge in [-0.15, -0.1) is 0 Å². The summed E-state index contributed by atoms with van der Waals surface area (Å²) in [5, 5.41) is 6.46. The van der Waals surface area contributed by atoms with Crippen LogP contribution in [0.1, 0.15) is 57.7 Å². The zero-order valence-corrected chi connectivity index (χ0v) is 22.0. The van der Waals surface area contributed by atoms with Crippen molar-refractivity contribution < 1.29 is 27.3 Å². The summed E-state index contributed by atoms with van der Waals surface area (Å²) in [6.07, 6.45) is 1.88. The summed E-state index contributed by atoms with van der Waals surface area (Å²) in [7, 11) is -3.89. The van der Waals surface area contributed by atoms with Crippen LogP contribution in [0.25, 0.3) is 0 Å². The number of likely N-dealkylation sites (tertiary alicyclic amines) is 1. The molecule has 0 radical (unpaired) electrons. The number of imide groups is 1. The van der Waals surface area contributed by atoms with Gasteiger partial charge in [-0.2, -0.15) is 0 Å². The van der Waals surface area contributed by atoms with Gasteiger partial charge in [0.05, 0.1) is 16.0 Å². The molecule has 2 bridgehead atoms. The Balaban J connectivity index is 1.31. The summed E-state index contributed by atoms with van der Waals surface area (Å²) >= 11 is 0. The van der Waals surface area contributed by atoms with E-state index in [0.29, 0.717) is 36.2 Å². The third-order valence-corrected chi connectivity index (χ3v) is 9.47. The van der Waals surface area contributed by atoms with Crippen molar-refractivity contribution in [1.29, 1.82) is 0 Å². The predicted octanol–water partition coefficient (Wildman–Crippen LogP) is 3.62. The SMILES string of the molecule is Cc1noc(NS(=O)(=O)c2ccc(NC(=O)CCCN3C(=O)C4CCC(C)(C3=O)C4(C)C)cc2)c1C. The number of piperidine rings is 1. The van der Waals surface area contributed by atoms with Crippen molar-refractivity contribution in [2.75, 3.05) is 16.6 Å². The van der Waals surface area contributed by atoms with E-state index < -0.39 is 15.4 Å². The van der Waals surface area contributed by atoms with Crippen molar-refractivity contribution in [3.8, 4) is 0 Å². The quantitative estimate of drug-likeness (QED) is 0.511. The number of sulfonamides is 1. The first kappa shape index (κ1) is 25.9. The Morgan fingerprint density at radius 1 is 1.17 bits per heavy atom. The Hall–Kier alpha value is -3.21. The Morgan fingerprint density at radius 3 is 2.44 bits per heavy atom. The van der Waals surface area contributed by atoms with Gasteiger partial charge in [-0.1, -0.05) is 25.9 Å². The van der Waals surface area contributed by atoms with Crippen molar-refractivity contribution >= 4 is 39.3 Å². The van der Waals surface area contributed by atoms with Crippen LogP contribution in [-0.2, 0) is 24.4 Å². The molecule has 2 heterocycles. The molecule has 2 atom stereocenters. The molecule has 2 aliphatic rings. The first-order chi connectivity index (χ1) is 16.8. The number of benzene rings is 1. The molecular weight excluding hydrogens is 484 g/mol. The van der Waals surface area contributed by atoms with Crippen LogP contribution in [0, 0.1) is 30.6 Å². The van der Waals surface area contributed by atoms with Crippen molar-refractivity contribution in [2.45, 2.75) is 65.2 Å². The third kappa shape index (κ3) is 4.29. The van der Waals surface area contributed by atoms with Gasteiger partial charge in [0, 0.05) is 30.1 Å². The predicted molar refractivity (Wildman–Crippen MR) is 132 cm³/mol. The highest BCUT2D eigenvalue weighted by Crippen LogP contribution is 2.60. The molecule has 1 aromatic heterocycles. The fourth-order valence-corrected chi connectivity index (χ4v) is 6.19. The zero-order chi connectivity index (χ0) is 26.5. The Kier molecular flexibility index (Phi) is 6.48. The standard InChI is InChI=1S/C25H32N4O6S/c1-15-16(2)27-35-21(15)28-36(33,34)18-10-8-17(9-11-18)26-20(30)7-6-14-29-22(31)19-12-13-25(5,23(29)32)24(19,3)4/h8-11,19,28H,6-7,12-14H2,1-5H3,(H,26,30). The first-order valence-electron chi connectivity index (χ1n) is 12.0. The molecule has 2 N–H and O–H groups in total. The number of aromatic nitrogens is 1. The molecule has 4 rings (SSSR count). The molecule has 0 spiro atoms. The second-order valence-corrected chi connectivity index (χ2v) is 12.1. The number of carbonyl (C=O) groups excluding carboxylic acids is 3. The minimum Gasteiger partial charge on any atom is -0.337 e. The van der Waals surface area contributed by atoms with E-state index in [9.17, 15) is 22.8 Å². The van der Waals surface area contributed by atoms with E-state index in [1.807, 2.05) is 20.8 Å². The van der Waals surface area contributed by atoms with E-state index in [1.54, 1.807) is 13.8 Å². The van der Waals surface area contributed by atoms with Crippen LogP contribution in [-0.4, -0.2) is 42.7 Å². The second-order valence-electron chi connectivity index (χ2n) is 10.4. The second kappa shape index (κ2) is 9.02. The minimum absolute atomic E-state index is 0.00197. The molecule has 36 heavy (non-hydrogen) atoms. The van der Waals surface area contributed by atoms with Crippen LogP contribution in [0.4, 0.5) is 11.6 Å². The summed E-state index contributed by atoms with van der Waals surface area (Å²) in [5.41, 5.74) is 0.696. The van der Waals surface area contributed by atoms with Gasteiger partial charge in [-0.05, 0) is 62.8 Å². The number of nitrogens with zero attached hydrogens (tertiary/aromatic N) is 2. The van der Waals surface area contributed by atoms with Gasteiger partial charge < -0.3 is 9.84 Å². The van der Waals surface area contributed by atoms with E-state index in [0.717, 1.165) is 0 Å². The molecule has 2 unspecified atom stereocenters. The van der Waals surface area contributed by atoms with Gasteiger partial charge in [0.2, 0.25) is 23.6 Å². The lowest BCUT2D eigenvalue weighted by atomic mass is 9.62. The average molecular weight is 517 g/mol. The highest BCUT2D eigenvalue weighted by atomic mass is 32.2. The summed E-state index contributed by atoms with van der Waals surface area (Å²) in [6.45, 7) is 9.54. The van der Waals surface area contributed by atoms with Gasteiger partial charge in [0.15, 0.2) is 0 Å². The van der Waals surface area contributed by atoms with E-state index in [4.69, 9.17) is 4.52 Å². The van der Waals surface area contributed by atoms with E-state index >= 15 is 0 Å². The number of nitrogens with one attached hydrogen (secondary N) is 2. The number of amides is 3. The van der Waals surface area contributed by atoms with Crippen molar-refractivity contribution in [2.24, 2.45) is 16.7 Å². The van der Waals surface area contributed by atoms with E-state index in [-0.39, 0.29) is 52.8 Å².